The lowest BCUT2D eigenvalue weighted by molar-refractivity contribution is 0.477. The van der Waals surface area contributed by atoms with E-state index in [1.165, 1.54) is 4.88 Å². The fourth-order valence-corrected chi connectivity index (χ4v) is 3.40. The fourth-order valence-electron chi connectivity index (χ4n) is 2.17. The van der Waals surface area contributed by atoms with Crippen molar-refractivity contribution in [1.82, 2.24) is 4.98 Å². The minimum Gasteiger partial charge on any atom is -0.507 e. The maximum Gasteiger partial charge on any atom is 0.127 e. The number of nitrogens with zero attached hydrogens (tertiary/aromatic N) is 1. The van der Waals surface area contributed by atoms with E-state index >= 15 is 0 Å². The second-order valence-electron chi connectivity index (χ2n) is 4.41. The molecule has 1 aromatic carbocycles. The Morgan fingerprint density at radius 3 is 3.00 bits per heavy atom. The fraction of sp³-hybridized carbons (Fsp3) is 0.308. The van der Waals surface area contributed by atoms with Crippen LogP contribution in [-0.4, -0.2) is 16.1 Å². The quantitative estimate of drug-likeness (QED) is 0.812. The van der Waals surface area contributed by atoms with Crippen LogP contribution < -0.4 is 5.73 Å². The van der Waals surface area contributed by atoms with Crippen LogP contribution in [0.3, 0.4) is 0 Å². The first-order valence-corrected chi connectivity index (χ1v) is 6.58. The topological polar surface area (TPSA) is 59.1 Å². The molecule has 0 bridgehead atoms. The van der Waals surface area contributed by atoms with Crippen molar-refractivity contribution < 1.29 is 5.11 Å². The van der Waals surface area contributed by atoms with Crippen LogP contribution in [-0.2, 0) is 12.8 Å². The van der Waals surface area contributed by atoms with E-state index in [0.29, 0.717) is 5.75 Å². The Balaban J connectivity index is 2.03. The van der Waals surface area contributed by atoms with Crippen molar-refractivity contribution in [2.24, 2.45) is 5.73 Å². The summed E-state index contributed by atoms with van der Waals surface area (Å²) in [6.45, 7) is 0. The van der Waals surface area contributed by atoms with Crippen LogP contribution in [0.25, 0.3) is 10.6 Å². The molecule has 2 aromatic rings. The van der Waals surface area contributed by atoms with Crippen LogP contribution in [0.15, 0.2) is 24.3 Å². The molecule has 1 aliphatic carbocycles. The van der Waals surface area contributed by atoms with Crippen LogP contribution in [0.5, 0.6) is 5.75 Å². The summed E-state index contributed by atoms with van der Waals surface area (Å²) in [4.78, 5) is 5.90. The number of aryl methyl sites for hydroxylation is 1. The molecule has 1 aromatic heterocycles. The van der Waals surface area contributed by atoms with Crippen LogP contribution in [0, 0.1) is 0 Å². The molecule has 0 fully saturated rings. The highest BCUT2D eigenvalue weighted by atomic mass is 32.1. The summed E-state index contributed by atoms with van der Waals surface area (Å²) in [5.74, 6) is 0.294. The van der Waals surface area contributed by atoms with E-state index < -0.39 is 0 Å². The third-order valence-electron chi connectivity index (χ3n) is 3.11. The lowest BCUT2D eigenvalue weighted by atomic mass is 9.99. The van der Waals surface area contributed by atoms with E-state index in [0.717, 1.165) is 35.5 Å². The van der Waals surface area contributed by atoms with Gasteiger partial charge in [-0.1, -0.05) is 12.1 Å². The van der Waals surface area contributed by atoms with Crippen LogP contribution in [0.4, 0.5) is 0 Å². The third-order valence-corrected chi connectivity index (χ3v) is 4.27. The van der Waals surface area contributed by atoms with Crippen LogP contribution in [0.2, 0.25) is 0 Å². The Bertz CT molecular complexity index is 550. The van der Waals surface area contributed by atoms with E-state index in [-0.39, 0.29) is 6.04 Å². The summed E-state index contributed by atoms with van der Waals surface area (Å²) >= 11 is 1.66. The summed E-state index contributed by atoms with van der Waals surface area (Å²) in [6.07, 6.45) is 2.89. The lowest BCUT2D eigenvalue weighted by Gasteiger charge is -2.15. The molecular formula is C13H14N2OS. The van der Waals surface area contributed by atoms with Gasteiger partial charge in [0.1, 0.15) is 10.8 Å². The number of para-hydroxylation sites is 1. The van der Waals surface area contributed by atoms with E-state index in [1.54, 1.807) is 17.4 Å². The second kappa shape index (κ2) is 4.13. The molecule has 1 aliphatic rings. The summed E-state index contributed by atoms with van der Waals surface area (Å²) in [5, 5.41) is 10.7. The molecule has 3 nitrogen and oxygen atoms in total. The van der Waals surface area contributed by atoms with E-state index in [9.17, 15) is 5.11 Å². The summed E-state index contributed by atoms with van der Waals surface area (Å²) < 4.78 is 0. The number of thiazole rings is 1. The van der Waals surface area contributed by atoms with Crippen molar-refractivity contribution in [3.63, 3.8) is 0 Å². The second-order valence-corrected chi connectivity index (χ2v) is 5.49. The van der Waals surface area contributed by atoms with Gasteiger partial charge in [-0.25, -0.2) is 4.98 Å². The number of aromatic hydroxyl groups is 1. The first kappa shape index (κ1) is 10.7. The van der Waals surface area contributed by atoms with Crippen molar-refractivity contribution >= 4 is 11.3 Å². The molecule has 1 unspecified atom stereocenters. The van der Waals surface area contributed by atoms with Gasteiger partial charge in [-0.3, -0.25) is 0 Å². The number of aromatic nitrogens is 1. The molecule has 0 radical (unpaired) electrons. The molecule has 0 saturated carbocycles. The Kier molecular flexibility index (Phi) is 2.61. The summed E-state index contributed by atoms with van der Waals surface area (Å²) in [6, 6.07) is 7.60. The highest BCUT2D eigenvalue weighted by Crippen LogP contribution is 2.36. The van der Waals surface area contributed by atoms with Crippen molar-refractivity contribution in [2.75, 3.05) is 0 Å². The van der Waals surface area contributed by atoms with Gasteiger partial charge in [0, 0.05) is 10.9 Å². The molecule has 1 heterocycles. The monoisotopic (exact) mass is 246 g/mol. The number of nitrogens with two attached hydrogens (primary N) is 1. The highest BCUT2D eigenvalue weighted by molar-refractivity contribution is 7.15. The van der Waals surface area contributed by atoms with Gasteiger partial charge in [-0.2, -0.15) is 0 Å². The van der Waals surface area contributed by atoms with Crippen LogP contribution >= 0.6 is 11.3 Å². The number of phenols is 1. The number of fused-ring (bicyclic) bond motifs is 1. The predicted molar refractivity (Wildman–Crippen MR) is 69.2 cm³/mol. The van der Waals surface area contributed by atoms with E-state index in [1.807, 2.05) is 18.2 Å². The number of hydrogen-bond donors (Lipinski definition) is 2. The molecule has 1 atom stereocenters. The van der Waals surface area contributed by atoms with Gasteiger partial charge in [-0.15, -0.1) is 11.3 Å². The zero-order valence-electron chi connectivity index (χ0n) is 9.39. The third kappa shape index (κ3) is 1.94. The Labute approximate surface area is 104 Å². The van der Waals surface area contributed by atoms with Gasteiger partial charge in [0.05, 0.1) is 11.3 Å². The molecule has 0 spiro atoms. The Morgan fingerprint density at radius 1 is 1.35 bits per heavy atom. The zero-order chi connectivity index (χ0) is 11.8. The standard InChI is InChI=1S/C13H14N2OS/c14-8-5-6-10-12(7-8)17-13(15-10)9-3-1-2-4-11(9)16/h1-4,8,16H,5-7,14H2. The smallest absolute Gasteiger partial charge is 0.127 e. The zero-order valence-corrected chi connectivity index (χ0v) is 10.2. The largest absolute Gasteiger partial charge is 0.507 e. The van der Waals surface area contributed by atoms with Gasteiger partial charge < -0.3 is 10.8 Å². The van der Waals surface area contributed by atoms with Crippen LogP contribution in [0.1, 0.15) is 17.0 Å². The summed E-state index contributed by atoms with van der Waals surface area (Å²) in [7, 11) is 0. The molecule has 17 heavy (non-hydrogen) atoms. The average Bonchev–Trinajstić information content (AvgIpc) is 2.72. The first-order valence-electron chi connectivity index (χ1n) is 5.76. The molecule has 88 valence electrons. The molecule has 4 heteroatoms. The maximum atomic E-state index is 9.82. The number of benzene rings is 1. The van der Waals surface area contributed by atoms with Gasteiger partial charge in [0.15, 0.2) is 0 Å². The Morgan fingerprint density at radius 2 is 2.18 bits per heavy atom. The van der Waals surface area contributed by atoms with Gasteiger partial charge in [0.2, 0.25) is 0 Å². The molecule has 0 saturated heterocycles. The molecule has 3 N–H and O–H groups in total. The first-order chi connectivity index (χ1) is 8.24. The van der Waals surface area contributed by atoms with Crippen molar-refractivity contribution in [1.29, 1.82) is 0 Å². The SMILES string of the molecule is NC1CCc2nc(-c3ccccc3O)sc2C1. The normalized spacial score (nSPS) is 19.0. The predicted octanol–water partition coefficient (Wildman–Crippen LogP) is 2.33. The molecule has 0 amide bonds. The molecule has 0 aliphatic heterocycles. The number of hydrogen-bond acceptors (Lipinski definition) is 4. The number of phenolic OH excluding ortho intramolecular Hbond substituents is 1. The summed E-state index contributed by atoms with van der Waals surface area (Å²) in [5.41, 5.74) is 7.94. The molecule has 3 rings (SSSR count). The molecular weight excluding hydrogens is 232 g/mol. The van der Waals surface area contributed by atoms with Gasteiger partial charge in [0.25, 0.3) is 0 Å². The average molecular weight is 246 g/mol. The lowest BCUT2D eigenvalue weighted by Crippen LogP contribution is -2.26. The van der Waals surface area contributed by atoms with Gasteiger partial charge in [-0.05, 0) is 31.4 Å². The van der Waals surface area contributed by atoms with Crippen molar-refractivity contribution in [2.45, 2.75) is 25.3 Å². The minimum absolute atomic E-state index is 0.264. The van der Waals surface area contributed by atoms with Crippen molar-refractivity contribution in [3.05, 3.63) is 34.8 Å². The van der Waals surface area contributed by atoms with E-state index in [2.05, 4.69) is 4.98 Å². The highest BCUT2D eigenvalue weighted by Gasteiger charge is 2.21. The van der Waals surface area contributed by atoms with E-state index in [4.69, 9.17) is 5.73 Å². The number of rotatable bonds is 1. The minimum atomic E-state index is 0.264. The van der Waals surface area contributed by atoms with Crippen molar-refractivity contribution in [3.8, 4) is 16.3 Å². The maximum absolute atomic E-state index is 9.82. The van der Waals surface area contributed by atoms with Gasteiger partial charge >= 0.3 is 0 Å². The Hall–Kier alpha value is -1.39.